The maximum Gasteiger partial charge on any atom is 0.227 e. The van der Waals surface area contributed by atoms with E-state index in [1.807, 2.05) is 42.5 Å². The molecule has 4 heteroatoms. The Bertz CT molecular complexity index is 645. The third-order valence-electron chi connectivity index (χ3n) is 4.36. The van der Waals surface area contributed by atoms with Gasteiger partial charge < -0.3 is 11.1 Å². The van der Waals surface area contributed by atoms with Crippen LogP contribution in [0.2, 0.25) is 0 Å². The third kappa shape index (κ3) is 4.34. The van der Waals surface area contributed by atoms with Gasteiger partial charge in [-0.2, -0.15) is 0 Å². The van der Waals surface area contributed by atoms with Gasteiger partial charge in [-0.15, -0.1) is 12.4 Å². The van der Waals surface area contributed by atoms with Crippen LogP contribution in [0.15, 0.2) is 54.6 Å². The van der Waals surface area contributed by atoms with E-state index in [0.29, 0.717) is 0 Å². The van der Waals surface area contributed by atoms with Crippen LogP contribution in [0.3, 0.4) is 0 Å². The smallest absolute Gasteiger partial charge is 0.227 e. The summed E-state index contributed by atoms with van der Waals surface area (Å²) in [6.45, 7) is 0. The summed E-state index contributed by atoms with van der Waals surface area (Å²) >= 11 is 0. The molecule has 23 heavy (non-hydrogen) atoms. The fourth-order valence-corrected chi connectivity index (χ4v) is 3.16. The molecule has 1 amide bonds. The quantitative estimate of drug-likeness (QED) is 0.884. The standard InChI is InChI=1S/C19H22N2O.ClH/c20-16-10-6-9-15(13-16)19(22)21-18-12-5-4-11-17(18)14-7-2-1-3-8-14;/h1-5,7-8,11-12,15-16H,6,9-10,13,20H2,(H,21,22);1H. The molecular formula is C19H23ClN2O. The lowest BCUT2D eigenvalue weighted by atomic mass is 9.85. The number of carbonyl (C=O) groups excluding carboxylic acids is 1. The molecule has 0 aromatic heterocycles. The van der Waals surface area contributed by atoms with Gasteiger partial charge in [-0.25, -0.2) is 0 Å². The van der Waals surface area contributed by atoms with E-state index in [0.717, 1.165) is 42.5 Å². The van der Waals surface area contributed by atoms with Gasteiger partial charge >= 0.3 is 0 Å². The van der Waals surface area contributed by atoms with Gasteiger partial charge in [0.05, 0.1) is 0 Å². The first-order chi connectivity index (χ1) is 10.7. The highest BCUT2D eigenvalue weighted by Gasteiger charge is 2.25. The van der Waals surface area contributed by atoms with Gasteiger partial charge in [0.15, 0.2) is 0 Å². The number of anilines is 1. The molecule has 122 valence electrons. The number of halogens is 1. The second-order valence-corrected chi connectivity index (χ2v) is 6.02. The average molecular weight is 331 g/mol. The van der Waals surface area contributed by atoms with Gasteiger partial charge in [-0.3, -0.25) is 4.79 Å². The monoisotopic (exact) mass is 330 g/mol. The zero-order valence-corrected chi connectivity index (χ0v) is 13.9. The summed E-state index contributed by atoms with van der Waals surface area (Å²) in [6.07, 6.45) is 3.80. The van der Waals surface area contributed by atoms with E-state index in [1.165, 1.54) is 0 Å². The Labute approximate surface area is 143 Å². The Hall–Kier alpha value is -1.84. The van der Waals surface area contributed by atoms with Crippen LogP contribution in [0, 0.1) is 5.92 Å². The van der Waals surface area contributed by atoms with Crippen molar-refractivity contribution in [3.63, 3.8) is 0 Å². The Morgan fingerprint density at radius 2 is 1.70 bits per heavy atom. The number of amides is 1. The van der Waals surface area contributed by atoms with E-state index >= 15 is 0 Å². The molecule has 3 N–H and O–H groups in total. The molecule has 1 aliphatic rings. The fraction of sp³-hybridized carbons (Fsp3) is 0.316. The van der Waals surface area contributed by atoms with Crippen molar-refractivity contribution in [2.45, 2.75) is 31.7 Å². The number of hydrogen-bond acceptors (Lipinski definition) is 2. The summed E-state index contributed by atoms with van der Waals surface area (Å²) in [7, 11) is 0. The van der Waals surface area contributed by atoms with Crippen molar-refractivity contribution in [3.8, 4) is 11.1 Å². The zero-order valence-electron chi connectivity index (χ0n) is 13.1. The molecule has 0 bridgehead atoms. The molecular weight excluding hydrogens is 308 g/mol. The summed E-state index contributed by atoms with van der Waals surface area (Å²) in [4.78, 5) is 12.5. The van der Waals surface area contributed by atoms with Gasteiger partial charge in [0, 0.05) is 23.2 Å². The molecule has 2 atom stereocenters. The van der Waals surface area contributed by atoms with Crippen molar-refractivity contribution in [1.29, 1.82) is 0 Å². The third-order valence-corrected chi connectivity index (χ3v) is 4.36. The molecule has 0 spiro atoms. The minimum Gasteiger partial charge on any atom is -0.328 e. The first-order valence-electron chi connectivity index (χ1n) is 7.95. The molecule has 1 aliphatic carbocycles. The van der Waals surface area contributed by atoms with E-state index in [9.17, 15) is 4.79 Å². The Balaban J connectivity index is 0.00000192. The lowest BCUT2D eigenvalue weighted by molar-refractivity contribution is -0.120. The van der Waals surface area contributed by atoms with Gasteiger partial charge in [-0.05, 0) is 30.9 Å². The number of para-hydroxylation sites is 1. The van der Waals surface area contributed by atoms with Crippen LogP contribution >= 0.6 is 12.4 Å². The summed E-state index contributed by atoms with van der Waals surface area (Å²) in [5.74, 6) is 0.131. The number of nitrogens with one attached hydrogen (secondary N) is 1. The fourth-order valence-electron chi connectivity index (χ4n) is 3.16. The average Bonchev–Trinajstić information content (AvgIpc) is 2.56. The van der Waals surface area contributed by atoms with Gasteiger partial charge in [0.1, 0.15) is 0 Å². The van der Waals surface area contributed by atoms with Crippen LogP contribution in [0.5, 0.6) is 0 Å². The molecule has 3 rings (SSSR count). The summed E-state index contributed by atoms with van der Waals surface area (Å²) in [5.41, 5.74) is 9.03. The van der Waals surface area contributed by atoms with Gasteiger partial charge in [0.2, 0.25) is 5.91 Å². The van der Waals surface area contributed by atoms with E-state index in [-0.39, 0.29) is 30.3 Å². The molecule has 2 unspecified atom stereocenters. The van der Waals surface area contributed by atoms with E-state index < -0.39 is 0 Å². The van der Waals surface area contributed by atoms with Crippen LogP contribution in [0.25, 0.3) is 11.1 Å². The highest BCUT2D eigenvalue weighted by Crippen LogP contribution is 2.29. The maximum absolute atomic E-state index is 12.5. The Morgan fingerprint density at radius 3 is 2.43 bits per heavy atom. The van der Waals surface area contributed by atoms with Crippen LogP contribution in [-0.2, 0) is 4.79 Å². The Kier molecular flexibility index (Phi) is 6.20. The van der Waals surface area contributed by atoms with Crippen LogP contribution < -0.4 is 11.1 Å². The molecule has 3 nitrogen and oxygen atoms in total. The zero-order chi connectivity index (χ0) is 15.4. The van der Waals surface area contributed by atoms with Crippen molar-refractivity contribution in [2.75, 3.05) is 5.32 Å². The van der Waals surface area contributed by atoms with E-state index in [4.69, 9.17) is 5.73 Å². The molecule has 1 saturated carbocycles. The first kappa shape index (κ1) is 17.5. The van der Waals surface area contributed by atoms with Gasteiger partial charge in [-0.1, -0.05) is 55.0 Å². The molecule has 0 heterocycles. The second-order valence-electron chi connectivity index (χ2n) is 6.02. The number of hydrogen-bond donors (Lipinski definition) is 2. The van der Waals surface area contributed by atoms with E-state index in [2.05, 4.69) is 17.4 Å². The van der Waals surface area contributed by atoms with Crippen molar-refractivity contribution in [1.82, 2.24) is 0 Å². The predicted molar refractivity (Wildman–Crippen MR) is 97.7 cm³/mol. The summed E-state index contributed by atoms with van der Waals surface area (Å²) in [6, 6.07) is 18.2. The van der Waals surface area contributed by atoms with Crippen molar-refractivity contribution < 1.29 is 4.79 Å². The van der Waals surface area contributed by atoms with E-state index in [1.54, 1.807) is 0 Å². The molecule has 2 aromatic carbocycles. The number of nitrogens with two attached hydrogens (primary N) is 1. The largest absolute Gasteiger partial charge is 0.328 e. The van der Waals surface area contributed by atoms with Crippen molar-refractivity contribution in [3.05, 3.63) is 54.6 Å². The Morgan fingerprint density at radius 1 is 1.00 bits per heavy atom. The number of rotatable bonds is 3. The minimum atomic E-state index is 0. The van der Waals surface area contributed by atoms with Gasteiger partial charge in [0.25, 0.3) is 0 Å². The topological polar surface area (TPSA) is 55.1 Å². The SMILES string of the molecule is Cl.NC1CCCC(C(=O)Nc2ccccc2-c2ccccc2)C1. The second kappa shape index (κ2) is 8.14. The van der Waals surface area contributed by atoms with Crippen LogP contribution in [-0.4, -0.2) is 11.9 Å². The number of benzene rings is 2. The minimum absolute atomic E-state index is 0. The lowest BCUT2D eigenvalue weighted by Crippen LogP contribution is -2.34. The summed E-state index contributed by atoms with van der Waals surface area (Å²) in [5, 5.41) is 3.10. The number of carbonyl (C=O) groups is 1. The molecule has 2 aromatic rings. The first-order valence-corrected chi connectivity index (χ1v) is 7.95. The van der Waals surface area contributed by atoms with Crippen molar-refractivity contribution >= 4 is 24.0 Å². The molecule has 0 saturated heterocycles. The summed E-state index contributed by atoms with van der Waals surface area (Å²) < 4.78 is 0. The molecule has 1 fully saturated rings. The lowest BCUT2D eigenvalue weighted by Gasteiger charge is -2.26. The normalized spacial score (nSPS) is 20.4. The molecule has 0 aliphatic heterocycles. The molecule has 0 radical (unpaired) electrons. The van der Waals surface area contributed by atoms with Crippen LogP contribution in [0.4, 0.5) is 5.69 Å². The maximum atomic E-state index is 12.5. The van der Waals surface area contributed by atoms with Crippen LogP contribution in [0.1, 0.15) is 25.7 Å². The highest BCUT2D eigenvalue weighted by molar-refractivity contribution is 5.96. The van der Waals surface area contributed by atoms with Crippen molar-refractivity contribution in [2.24, 2.45) is 11.7 Å². The highest BCUT2D eigenvalue weighted by atomic mass is 35.5. The predicted octanol–water partition coefficient (Wildman–Crippen LogP) is 4.23.